The number of nitrogens with zero attached hydrogens (tertiary/aromatic N) is 1. The number of methoxy groups -OCH3 is 2. The van der Waals surface area contributed by atoms with Gasteiger partial charge < -0.3 is 14.4 Å². The summed E-state index contributed by atoms with van der Waals surface area (Å²) in [6.45, 7) is 6.76. The molecule has 0 aliphatic heterocycles. The van der Waals surface area contributed by atoms with E-state index < -0.39 is 0 Å². The van der Waals surface area contributed by atoms with Crippen LogP contribution in [0.15, 0.2) is 36.9 Å². The number of benzene rings is 1. The fourth-order valence-corrected chi connectivity index (χ4v) is 1.77. The maximum atomic E-state index is 12.0. The lowest BCUT2D eigenvalue weighted by Crippen LogP contribution is -2.29. The molecule has 20 heavy (non-hydrogen) atoms. The largest absolute Gasteiger partial charge is 0.497 e. The molecule has 0 bridgehead atoms. The van der Waals surface area contributed by atoms with Crippen LogP contribution in [0, 0.1) is 0 Å². The first-order valence-electron chi connectivity index (χ1n) is 6.46. The highest BCUT2D eigenvalue weighted by Crippen LogP contribution is 2.25. The topological polar surface area (TPSA) is 38.8 Å². The Morgan fingerprint density at radius 2 is 2.10 bits per heavy atom. The standard InChI is InChI=1S/C16H21NO3/c1-5-11-17(6-2)16(18)10-7-13-12-14(19-3)8-9-15(13)20-4/h5,7-10,12H,1,6,11H2,2-4H3/b10-7+. The summed E-state index contributed by atoms with van der Waals surface area (Å²) in [4.78, 5) is 13.7. The van der Waals surface area contributed by atoms with E-state index in [1.165, 1.54) is 6.08 Å². The van der Waals surface area contributed by atoms with Gasteiger partial charge in [0, 0.05) is 24.7 Å². The first kappa shape index (κ1) is 15.8. The van der Waals surface area contributed by atoms with Gasteiger partial charge in [0.2, 0.25) is 5.91 Å². The van der Waals surface area contributed by atoms with Crippen LogP contribution in [0.5, 0.6) is 11.5 Å². The smallest absolute Gasteiger partial charge is 0.246 e. The molecule has 0 radical (unpaired) electrons. The van der Waals surface area contributed by atoms with Gasteiger partial charge in [-0.15, -0.1) is 6.58 Å². The van der Waals surface area contributed by atoms with Gasteiger partial charge in [0.25, 0.3) is 0 Å². The van der Waals surface area contributed by atoms with Crippen molar-refractivity contribution < 1.29 is 14.3 Å². The number of ether oxygens (including phenoxy) is 2. The zero-order valence-electron chi connectivity index (χ0n) is 12.3. The summed E-state index contributed by atoms with van der Waals surface area (Å²) < 4.78 is 10.4. The van der Waals surface area contributed by atoms with E-state index in [4.69, 9.17) is 9.47 Å². The zero-order chi connectivity index (χ0) is 15.0. The fraction of sp³-hybridized carbons (Fsp3) is 0.312. The summed E-state index contributed by atoms with van der Waals surface area (Å²) >= 11 is 0. The highest BCUT2D eigenvalue weighted by molar-refractivity contribution is 5.92. The van der Waals surface area contributed by atoms with Crippen LogP contribution in [0.1, 0.15) is 12.5 Å². The van der Waals surface area contributed by atoms with Gasteiger partial charge in [0.05, 0.1) is 14.2 Å². The lowest BCUT2D eigenvalue weighted by Gasteiger charge is -2.16. The van der Waals surface area contributed by atoms with Crippen LogP contribution in [-0.2, 0) is 4.79 Å². The van der Waals surface area contributed by atoms with Gasteiger partial charge in [-0.25, -0.2) is 0 Å². The van der Waals surface area contributed by atoms with Crippen molar-refractivity contribution in [2.75, 3.05) is 27.3 Å². The first-order valence-corrected chi connectivity index (χ1v) is 6.46. The Balaban J connectivity index is 2.93. The van der Waals surface area contributed by atoms with Crippen molar-refractivity contribution >= 4 is 12.0 Å². The van der Waals surface area contributed by atoms with Crippen LogP contribution in [0.3, 0.4) is 0 Å². The van der Waals surface area contributed by atoms with E-state index in [1.807, 2.05) is 25.1 Å². The van der Waals surface area contributed by atoms with Crippen molar-refractivity contribution in [2.24, 2.45) is 0 Å². The van der Waals surface area contributed by atoms with Gasteiger partial charge >= 0.3 is 0 Å². The average Bonchev–Trinajstić information content (AvgIpc) is 2.49. The van der Waals surface area contributed by atoms with E-state index in [9.17, 15) is 4.79 Å². The first-order chi connectivity index (χ1) is 9.65. The molecule has 0 fully saturated rings. The SMILES string of the molecule is C=CCN(CC)C(=O)/C=C/c1cc(OC)ccc1OC. The molecular weight excluding hydrogens is 254 g/mol. The third-order valence-electron chi connectivity index (χ3n) is 2.89. The summed E-state index contributed by atoms with van der Waals surface area (Å²) in [6.07, 6.45) is 4.97. The Kier molecular flexibility index (Phi) is 6.37. The lowest BCUT2D eigenvalue weighted by atomic mass is 10.1. The van der Waals surface area contributed by atoms with E-state index in [0.29, 0.717) is 18.8 Å². The van der Waals surface area contributed by atoms with Gasteiger partial charge in [-0.05, 0) is 31.2 Å². The molecule has 1 amide bonds. The molecule has 0 saturated heterocycles. The molecule has 0 aliphatic rings. The second-order valence-corrected chi connectivity index (χ2v) is 4.11. The molecule has 108 valence electrons. The average molecular weight is 275 g/mol. The van der Waals surface area contributed by atoms with Gasteiger partial charge in [-0.3, -0.25) is 4.79 Å². The van der Waals surface area contributed by atoms with Crippen LogP contribution in [0.25, 0.3) is 6.08 Å². The summed E-state index contributed by atoms with van der Waals surface area (Å²) in [6, 6.07) is 5.45. The van der Waals surface area contributed by atoms with E-state index >= 15 is 0 Å². The monoisotopic (exact) mass is 275 g/mol. The van der Waals surface area contributed by atoms with Crippen molar-refractivity contribution in [3.05, 3.63) is 42.5 Å². The minimum atomic E-state index is -0.0581. The Morgan fingerprint density at radius 1 is 1.35 bits per heavy atom. The number of hydrogen-bond acceptors (Lipinski definition) is 3. The molecule has 0 spiro atoms. The molecule has 1 aromatic carbocycles. The number of carbonyl (C=O) groups is 1. The molecule has 0 atom stereocenters. The Labute approximate surface area is 120 Å². The molecule has 1 rings (SSSR count). The molecule has 1 aromatic rings. The normalized spacial score (nSPS) is 10.3. The van der Waals surface area contributed by atoms with Crippen LogP contribution in [-0.4, -0.2) is 38.1 Å². The van der Waals surface area contributed by atoms with Crippen molar-refractivity contribution in [1.29, 1.82) is 0 Å². The summed E-state index contributed by atoms with van der Waals surface area (Å²) in [7, 11) is 3.19. The Hall–Kier alpha value is -2.23. The van der Waals surface area contributed by atoms with Crippen LogP contribution in [0.2, 0.25) is 0 Å². The van der Waals surface area contributed by atoms with E-state index in [-0.39, 0.29) is 5.91 Å². The fourth-order valence-electron chi connectivity index (χ4n) is 1.77. The van der Waals surface area contributed by atoms with Crippen LogP contribution < -0.4 is 9.47 Å². The van der Waals surface area contributed by atoms with Crippen molar-refractivity contribution in [3.8, 4) is 11.5 Å². The second kappa shape index (κ2) is 8.04. The molecule has 0 aromatic heterocycles. The molecule has 0 aliphatic carbocycles. The third-order valence-corrected chi connectivity index (χ3v) is 2.89. The number of hydrogen-bond donors (Lipinski definition) is 0. The quantitative estimate of drug-likeness (QED) is 0.567. The predicted octanol–water partition coefficient (Wildman–Crippen LogP) is 2.75. The number of likely N-dealkylation sites (N-methyl/N-ethyl adjacent to an activating group) is 1. The summed E-state index contributed by atoms with van der Waals surface area (Å²) in [5.41, 5.74) is 0.801. The minimum Gasteiger partial charge on any atom is -0.497 e. The molecular formula is C16H21NO3. The van der Waals surface area contributed by atoms with Gasteiger partial charge in [-0.1, -0.05) is 6.08 Å². The number of amides is 1. The Bertz CT molecular complexity index is 494. The zero-order valence-corrected chi connectivity index (χ0v) is 12.3. The van der Waals surface area contributed by atoms with E-state index in [0.717, 1.165) is 11.3 Å². The van der Waals surface area contributed by atoms with Gasteiger partial charge in [0.15, 0.2) is 0 Å². The number of rotatable bonds is 7. The van der Waals surface area contributed by atoms with Gasteiger partial charge in [-0.2, -0.15) is 0 Å². The molecule has 4 heteroatoms. The Morgan fingerprint density at radius 3 is 2.65 bits per heavy atom. The maximum absolute atomic E-state index is 12.0. The molecule has 0 saturated carbocycles. The highest BCUT2D eigenvalue weighted by atomic mass is 16.5. The maximum Gasteiger partial charge on any atom is 0.246 e. The summed E-state index contributed by atoms with van der Waals surface area (Å²) in [5.74, 6) is 1.36. The molecule has 0 heterocycles. The molecule has 0 unspecified atom stereocenters. The van der Waals surface area contributed by atoms with E-state index in [2.05, 4.69) is 6.58 Å². The van der Waals surface area contributed by atoms with Crippen molar-refractivity contribution in [1.82, 2.24) is 4.90 Å². The predicted molar refractivity (Wildman–Crippen MR) is 81.0 cm³/mol. The van der Waals surface area contributed by atoms with Crippen LogP contribution in [0.4, 0.5) is 0 Å². The molecule has 4 nitrogen and oxygen atoms in total. The molecule has 0 N–H and O–H groups in total. The van der Waals surface area contributed by atoms with Crippen LogP contribution >= 0.6 is 0 Å². The number of carbonyl (C=O) groups excluding carboxylic acids is 1. The third kappa shape index (κ3) is 4.16. The van der Waals surface area contributed by atoms with E-state index in [1.54, 1.807) is 31.3 Å². The van der Waals surface area contributed by atoms with Crippen molar-refractivity contribution in [2.45, 2.75) is 6.92 Å². The summed E-state index contributed by atoms with van der Waals surface area (Å²) in [5, 5.41) is 0. The lowest BCUT2D eigenvalue weighted by molar-refractivity contribution is -0.125. The minimum absolute atomic E-state index is 0.0581. The van der Waals surface area contributed by atoms with Gasteiger partial charge in [0.1, 0.15) is 11.5 Å². The highest BCUT2D eigenvalue weighted by Gasteiger charge is 2.07. The van der Waals surface area contributed by atoms with Crippen molar-refractivity contribution in [3.63, 3.8) is 0 Å². The second-order valence-electron chi connectivity index (χ2n) is 4.11.